The zero-order chi connectivity index (χ0) is 11.2. The Bertz CT molecular complexity index is 217. The molecule has 0 bridgehead atoms. The molecule has 0 aliphatic rings. The molecule has 0 heterocycles. The molecule has 0 aliphatic carbocycles. The maximum Gasteiger partial charge on any atom is 0.389 e. The molecule has 0 aromatic rings. The highest BCUT2D eigenvalue weighted by Gasteiger charge is 2.25. The van der Waals surface area contributed by atoms with E-state index >= 15 is 0 Å². The number of hydrogen-bond donors (Lipinski definition) is 2. The molecule has 0 saturated carbocycles. The zero-order valence-corrected chi connectivity index (χ0v) is 8.17. The van der Waals surface area contributed by atoms with Crippen LogP contribution in [0.3, 0.4) is 0 Å². The molecule has 0 spiro atoms. The van der Waals surface area contributed by atoms with Gasteiger partial charge in [-0.3, -0.25) is 4.79 Å². The predicted octanol–water partition coefficient (Wildman–Crippen LogP) is 1.12. The summed E-state index contributed by atoms with van der Waals surface area (Å²) in [5.74, 6) is -0.445. The average molecular weight is 228 g/mol. The van der Waals surface area contributed by atoms with Crippen LogP contribution in [0.5, 0.6) is 0 Å². The summed E-state index contributed by atoms with van der Waals surface area (Å²) in [4.78, 5) is 10.8. The number of carbonyl (C=O) groups excluding carboxylic acids is 1. The summed E-state index contributed by atoms with van der Waals surface area (Å²) in [7, 11) is 0. The highest BCUT2D eigenvalue weighted by Crippen LogP contribution is 2.20. The fourth-order valence-corrected chi connectivity index (χ4v) is 0.868. The molecule has 0 atom stereocenters. The van der Waals surface area contributed by atoms with Gasteiger partial charge in [-0.1, -0.05) is 12.2 Å². The molecule has 0 radical (unpaired) electrons. The summed E-state index contributed by atoms with van der Waals surface area (Å²) in [6, 6.07) is 0. The molecule has 7 heteroatoms. The molecule has 0 fully saturated rings. The summed E-state index contributed by atoms with van der Waals surface area (Å²) in [5.41, 5.74) is 5.06. The summed E-state index contributed by atoms with van der Waals surface area (Å²) in [5, 5.41) is 2.28. The Labute approximate surface area is 84.8 Å². The lowest BCUT2D eigenvalue weighted by Gasteiger charge is -2.06. The van der Waals surface area contributed by atoms with Crippen molar-refractivity contribution in [2.75, 3.05) is 6.54 Å². The molecule has 0 rings (SSSR count). The Morgan fingerprint density at radius 3 is 2.43 bits per heavy atom. The Kier molecular flexibility index (Phi) is 5.44. The van der Waals surface area contributed by atoms with Crippen molar-refractivity contribution in [3.63, 3.8) is 0 Å². The van der Waals surface area contributed by atoms with E-state index in [0.29, 0.717) is 0 Å². The fourth-order valence-electron chi connectivity index (χ4n) is 0.737. The van der Waals surface area contributed by atoms with E-state index in [-0.39, 0.29) is 24.4 Å². The van der Waals surface area contributed by atoms with E-state index in [0.717, 1.165) is 0 Å². The van der Waals surface area contributed by atoms with Crippen LogP contribution < -0.4 is 11.1 Å². The van der Waals surface area contributed by atoms with Gasteiger partial charge in [0.25, 0.3) is 0 Å². The van der Waals surface area contributed by atoms with Gasteiger partial charge in [0.05, 0.1) is 11.4 Å². The van der Waals surface area contributed by atoms with Crippen LogP contribution in [0.1, 0.15) is 19.3 Å². The molecule has 0 aromatic carbocycles. The number of alkyl halides is 3. The predicted molar refractivity (Wildman–Crippen MR) is 49.7 cm³/mol. The molecule has 0 saturated heterocycles. The highest BCUT2D eigenvalue weighted by atomic mass is 32.1. The second-order valence-corrected chi connectivity index (χ2v) is 3.24. The molecule has 82 valence electrons. The van der Waals surface area contributed by atoms with Crippen LogP contribution in [0.25, 0.3) is 0 Å². The third-order valence-electron chi connectivity index (χ3n) is 1.29. The van der Waals surface area contributed by atoms with E-state index in [9.17, 15) is 18.0 Å². The number of thiocarbonyl (C=S) groups is 1. The van der Waals surface area contributed by atoms with Crippen molar-refractivity contribution in [3.05, 3.63) is 0 Å². The molecule has 0 aliphatic heterocycles. The summed E-state index contributed by atoms with van der Waals surface area (Å²) in [6.07, 6.45) is -5.33. The largest absolute Gasteiger partial charge is 0.393 e. The van der Waals surface area contributed by atoms with Crippen molar-refractivity contribution in [2.24, 2.45) is 5.73 Å². The van der Waals surface area contributed by atoms with E-state index in [1.54, 1.807) is 0 Å². The van der Waals surface area contributed by atoms with Crippen LogP contribution in [-0.2, 0) is 4.79 Å². The lowest BCUT2D eigenvalue weighted by molar-refractivity contribution is -0.136. The minimum Gasteiger partial charge on any atom is -0.393 e. The first-order valence-electron chi connectivity index (χ1n) is 3.93. The van der Waals surface area contributed by atoms with Gasteiger partial charge in [-0.2, -0.15) is 13.2 Å². The van der Waals surface area contributed by atoms with Crippen LogP contribution in [0.15, 0.2) is 0 Å². The minimum atomic E-state index is -4.17. The van der Waals surface area contributed by atoms with Gasteiger partial charge in [0.15, 0.2) is 0 Å². The average Bonchev–Trinajstić information content (AvgIpc) is 1.95. The van der Waals surface area contributed by atoms with Crippen LogP contribution in [0.4, 0.5) is 13.2 Å². The van der Waals surface area contributed by atoms with Crippen molar-refractivity contribution < 1.29 is 18.0 Å². The van der Waals surface area contributed by atoms with Gasteiger partial charge in [-0.25, -0.2) is 0 Å². The molecular formula is C7H11F3N2OS. The van der Waals surface area contributed by atoms with E-state index in [4.69, 9.17) is 5.73 Å². The Balaban J connectivity index is 3.46. The van der Waals surface area contributed by atoms with Crippen LogP contribution >= 0.6 is 12.2 Å². The second-order valence-electron chi connectivity index (χ2n) is 2.71. The van der Waals surface area contributed by atoms with E-state index in [1.807, 2.05) is 0 Å². The SMILES string of the molecule is NC(=S)CC(=O)NCCCC(F)(F)F. The summed E-state index contributed by atoms with van der Waals surface area (Å²) < 4.78 is 34.9. The maximum absolute atomic E-state index is 11.6. The molecule has 3 N–H and O–H groups in total. The Morgan fingerprint density at radius 2 is 2.00 bits per heavy atom. The number of amides is 1. The molecule has 14 heavy (non-hydrogen) atoms. The first-order chi connectivity index (χ1) is 6.31. The Hall–Kier alpha value is -0.850. The van der Waals surface area contributed by atoms with Gasteiger partial charge in [-0.05, 0) is 6.42 Å². The first kappa shape index (κ1) is 13.2. The maximum atomic E-state index is 11.6. The highest BCUT2D eigenvalue weighted by molar-refractivity contribution is 7.80. The van der Waals surface area contributed by atoms with Crippen LogP contribution in [0.2, 0.25) is 0 Å². The van der Waals surface area contributed by atoms with Crippen molar-refractivity contribution in [1.82, 2.24) is 5.32 Å². The lowest BCUT2D eigenvalue weighted by Crippen LogP contribution is -2.29. The third kappa shape index (κ3) is 9.24. The van der Waals surface area contributed by atoms with Gasteiger partial charge >= 0.3 is 6.18 Å². The zero-order valence-electron chi connectivity index (χ0n) is 7.36. The van der Waals surface area contributed by atoms with Crippen molar-refractivity contribution in [3.8, 4) is 0 Å². The van der Waals surface area contributed by atoms with Gasteiger partial charge in [-0.15, -0.1) is 0 Å². The van der Waals surface area contributed by atoms with Gasteiger partial charge < -0.3 is 11.1 Å². The van der Waals surface area contributed by atoms with Gasteiger partial charge in [0, 0.05) is 13.0 Å². The van der Waals surface area contributed by atoms with Crippen molar-refractivity contribution in [2.45, 2.75) is 25.4 Å². The normalized spacial score (nSPS) is 11.1. The molecule has 0 aromatic heterocycles. The van der Waals surface area contributed by atoms with Crippen molar-refractivity contribution >= 4 is 23.1 Å². The van der Waals surface area contributed by atoms with Gasteiger partial charge in [0.2, 0.25) is 5.91 Å². The van der Waals surface area contributed by atoms with E-state index < -0.39 is 18.5 Å². The van der Waals surface area contributed by atoms with Gasteiger partial charge in [0.1, 0.15) is 0 Å². The number of nitrogens with one attached hydrogen (secondary N) is 1. The Morgan fingerprint density at radius 1 is 1.43 bits per heavy atom. The quantitative estimate of drug-likeness (QED) is 0.547. The van der Waals surface area contributed by atoms with Crippen LogP contribution in [-0.4, -0.2) is 23.6 Å². The molecular weight excluding hydrogens is 217 g/mol. The summed E-state index contributed by atoms with van der Waals surface area (Å²) in [6.45, 7) is -0.0129. The fraction of sp³-hybridized carbons (Fsp3) is 0.714. The first-order valence-corrected chi connectivity index (χ1v) is 4.34. The molecule has 3 nitrogen and oxygen atoms in total. The number of rotatable bonds is 5. The van der Waals surface area contributed by atoms with Crippen LogP contribution in [0, 0.1) is 0 Å². The molecule has 1 amide bonds. The lowest BCUT2D eigenvalue weighted by atomic mass is 10.3. The smallest absolute Gasteiger partial charge is 0.389 e. The van der Waals surface area contributed by atoms with E-state index in [1.165, 1.54) is 0 Å². The number of carbonyl (C=O) groups is 1. The number of halogens is 3. The minimum absolute atomic E-state index is 0.0129. The monoisotopic (exact) mass is 228 g/mol. The number of nitrogens with two attached hydrogens (primary N) is 1. The van der Waals surface area contributed by atoms with E-state index in [2.05, 4.69) is 17.5 Å². The van der Waals surface area contributed by atoms with Crippen molar-refractivity contribution in [1.29, 1.82) is 0 Å². The third-order valence-corrected chi connectivity index (χ3v) is 1.44. The summed E-state index contributed by atoms with van der Waals surface area (Å²) >= 11 is 4.45. The molecule has 0 unspecified atom stereocenters. The standard InChI is InChI=1S/C7H11F3N2OS/c8-7(9,10)2-1-3-12-6(13)4-5(11)14/h1-4H2,(H2,11,14)(H,12,13). The number of hydrogen-bond acceptors (Lipinski definition) is 2. The second kappa shape index (κ2) is 5.79. The topological polar surface area (TPSA) is 55.1 Å².